The molecule has 29 heavy (non-hydrogen) atoms. The molecule has 0 saturated heterocycles. The van der Waals surface area contributed by atoms with Gasteiger partial charge in [0.05, 0.1) is 17.3 Å². The molecule has 0 bridgehead atoms. The fraction of sp³-hybridized carbons (Fsp3) is 0.238. The molecule has 2 aromatic carbocycles. The SMILES string of the molecule is COc1ccc2sc(N(CCN(C)C)C(=O)C=Cc3ccccc3Cl)nc2c1.Cl. The molecule has 1 amide bonds. The predicted molar refractivity (Wildman–Crippen MR) is 125 cm³/mol. The fourth-order valence-electron chi connectivity index (χ4n) is 2.60. The van der Waals surface area contributed by atoms with E-state index in [4.69, 9.17) is 16.3 Å². The predicted octanol–water partition coefficient (Wildman–Crippen LogP) is 4.99. The van der Waals surface area contributed by atoms with Crippen molar-refractivity contribution in [3.05, 3.63) is 59.1 Å². The average Bonchev–Trinajstić information content (AvgIpc) is 3.09. The van der Waals surface area contributed by atoms with Gasteiger partial charge in [-0.05, 0) is 43.9 Å². The van der Waals surface area contributed by atoms with Crippen molar-refractivity contribution < 1.29 is 9.53 Å². The highest BCUT2D eigenvalue weighted by Crippen LogP contribution is 2.31. The Balaban J connectivity index is 0.00000300. The van der Waals surface area contributed by atoms with E-state index in [0.717, 1.165) is 28.1 Å². The van der Waals surface area contributed by atoms with Crippen molar-refractivity contribution in [2.45, 2.75) is 0 Å². The molecule has 0 unspecified atom stereocenters. The molecule has 0 aliphatic rings. The molecule has 0 aliphatic carbocycles. The number of amides is 1. The van der Waals surface area contributed by atoms with E-state index in [9.17, 15) is 4.79 Å². The quantitative estimate of drug-likeness (QED) is 0.474. The van der Waals surface area contributed by atoms with Gasteiger partial charge in [-0.2, -0.15) is 0 Å². The maximum atomic E-state index is 13.0. The Morgan fingerprint density at radius 2 is 1.97 bits per heavy atom. The lowest BCUT2D eigenvalue weighted by Crippen LogP contribution is -2.35. The smallest absolute Gasteiger partial charge is 0.252 e. The lowest BCUT2D eigenvalue weighted by molar-refractivity contribution is -0.114. The van der Waals surface area contributed by atoms with E-state index in [1.54, 1.807) is 30.2 Å². The molecule has 154 valence electrons. The maximum Gasteiger partial charge on any atom is 0.252 e. The van der Waals surface area contributed by atoms with Crippen molar-refractivity contribution in [3.8, 4) is 5.75 Å². The van der Waals surface area contributed by atoms with E-state index in [0.29, 0.717) is 16.7 Å². The molecular weight excluding hydrogens is 429 g/mol. The number of carbonyl (C=O) groups is 1. The molecule has 0 saturated carbocycles. The van der Waals surface area contributed by atoms with Gasteiger partial charge in [-0.1, -0.05) is 41.1 Å². The minimum Gasteiger partial charge on any atom is -0.497 e. The first-order valence-electron chi connectivity index (χ1n) is 8.81. The van der Waals surface area contributed by atoms with Crippen LogP contribution in [0.4, 0.5) is 5.13 Å². The molecule has 8 heteroatoms. The number of hydrogen-bond acceptors (Lipinski definition) is 5. The number of anilines is 1. The highest BCUT2D eigenvalue weighted by molar-refractivity contribution is 7.22. The number of fused-ring (bicyclic) bond motifs is 1. The van der Waals surface area contributed by atoms with Gasteiger partial charge >= 0.3 is 0 Å². The van der Waals surface area contributed by atoms with Gasteiger partial charge in [-0.3, -0.25) is 9.69 Å². The summed E-state index contributed by atoms with van der Waals surface area (Å²) in [5, 5.41) is 1.28. The largest absolute Gasteiger partial charge is 0.497 e. The molecule has 0 atom stereocenters. The van der Waals surface area contributed by atoms with Gasteiger partial charge in [0.15, 0.2) is 5.13 Å². The summed E-state index contributed by atoms with van der Waals surface area (Å²) in [4.78, 5) is 21.4. The highest BCUT2D eigenvalue weighted by atomic mass is 35.5. The second-order valence-electron chi connectivity index (χ2n) is 6.48. The van der Waals surface area contributed by atoms with Gasteiger partial charge in [0.2, 0.25) is 0 Å². The first kappa shape index (κ1) is 23.2. The summed E-state index contributed by atoms with van der Waals surface area (Å²) in [7, 11) is 5.58. The number of likely N-dealkylation sites (N-methyl/N-ethyl adjacent to an activating group) is 1. The molecule has 3 aromatic rings. The Morgan fingerprint density at radius 3 is 2.66 bits per heavy atom. The molecule has 5 nitrogen and oxygen atoms in total. The maximum absolute atomic E-state index is 13.0. The van der Waals surface area contributed by atoms with Gasteiger partial charge in [0, 0.05) is 30.3 Å². The van der Waals surface area contributed by atoms with Crippen LogP contribution in [-0.2, 0) is 4.79 Å². The third kappa shape index (κ3) is 5.93. The van der Waals surface area contributed by atoms with E-state index >= 15 is 0 Å². The zero-order valence-electron chi connectivity index (χ0n) is 16.5. The molecule has 0 aliphatic heterocycles. The number of hydrogen-bond donors (Lipinski definition) is 0. The topological polar surface area (TPSA) is 45.7 Å². The van der Waals surface area contributed by atoms with E-state index < -0.39 is 0 Å². The molecule has 1 heterocycles. The Hall–Kier alpha value is -2.12. The number of methoxy groups -OCH3 is 1. The number of thiazole rings is 1. The minimum absolute atomic E-state index is 0. The van der Waals surface area contributed by atoms with Crippen LogP contribution in [0, 0.1) is 0 Å². The first-order chi connectivity index (χ1) is 13.5. The van der Waals surface area contributed by atoms with Crippen molar-refractivity contribution in [1.82, 2.24) is 9.88 Å². The van der Waals surface area contributed by atoms with E-state index in [1.807, 2.05) is 55.4 Å². The van der Waals surface area contributed by atoms with Crippen LogP contribution >= 0.6 is 35.3 Å². The third-order valence-electron chi connectivity index (χ3n) is 4.16. The molecule has 0 fully saturated rings. The molecular formula is C21H23Cl2N3O2S. The van der Waals surface area contributed by atoms with Crippen LogP contribution in [0.25, 0.3) is 16.3 Å². The first-order valence-corrected chi connectivity index (χ1v) is 10.0. The van der Waals surface area contributed by atoms with Crippen LogP contribution < -0.4 is 9.64 Å². The van der Waals surface area contributed by atoms with Crippen LogP contribution in [0.2, 0.25) is 5.02 Å². The van der Waals surface area contributed by atoms with Crippen molar-refractivity contribution in [3.63, 3.8) is 0 Å². The summed E-state index contributed by atoms with van der Waals surface area (Å²) in [5.74, 6) is 0.613. The molecule has 0 spiro atoms. The van der Waals surface area contributed by atoms with E-state index in [2.05, 4.69) is 4.98 Å². The monoisotopic (exact) mass is 451 g/mol. The van der Waals surface area contributed by atoms with E-state index in [-0.39, 0.29) is 18.3 Å². The summed E-state index contributed by atoms with van der Waals surface area (Å²) < 4.78 is 6.28. The lowest BCUT2D eigenvalue weighted by Gasteiger charge is -2.20. The van der Waals surface area contributed by atoms with E-state index in [1.165, 1.54) is 11.3 Å². The number of halogens is 2. The summed E-state index contributed by atoms with van der Waals surface area (Å²) in [6.45, 7) is 1.26. The summed E-state index contributed by atoms with van der Waals surface area (Å²) >= 11 is 7.67. The molecule has 0 N–H and O–H groups in total. The van der Waals surface area contributed by atoms with Crippen molar-refractivity contribution in [2.24, 2.45) is 0 Å². The zero-order valence-corrected chi connectivity index (χ0v) is 18.9. The minimum atomic E-state index is -0.132. The Morgan fingerprint density at radius 1 is 1.21 bits per heavy atom. The zero-order chi connectivity index (χ0) is 20.1. The number of carbonyl (C=O) groups excluding carboxylic acids is 1. The second kappa shape index (κ2) is 10.6. The van der Waals surface area contributed by atoms with Crippen molar-refractivity contribution in [2.75, 3.05) is 39.2 Å². The normalized spacial score (nSPS) is 11.1. The third-order valence-corrected chi connectivity index (χ3v) is 5.57. The van der Waals surface area contributed by atoms with Crippen molar-refractivity contribution >= 4 is 62.7 Å². The molecule has 0 radical (unpaired) electrons. The Bertz CT molecular complexity index is 1000. The standard InChI is InChI=1S/C21H22ClN3O2S.ClH/c1-24(2)12-13-25(20(26)11-8-15-6-4-5-7-17(15)22)21-23-18-14-16(27-3)9-10-19(18)28-21;/h4-11,14H,12-13H2,1-3H3;1H. The fourth-order valence-corrected chi connectivity index (χ4v) is 3.77. The van der Waals surface area contributed by atoms with Crippen LogP contribution in [0.5, 0.6) is 5.75 Å². The van der Waals surface area contributed by atoms with Crippen molar-refractivity contribution in [1.29, 1.82) is 0 Å². The van der Waals surface area contributed by atoms with Crippen LogP contribution in [0.15, 0.2) is 48.5 Å². The number of rotatable bonds is 7. The molecule has 1 aromatic heterocycles. The van der Waals surface area contributed by atoms with Gasteiger partial charge in [-0.15, -0.1) is 12.4 Å². The van der Waals surface area contributed by atoms with Crippen LogP contribution in [-0.4, -0.2) is 50.1 Å². The van der Waals surface area contributed by atoms with Crippen LogP contribution in [0.3, 0.4) is 0 Å². The summed E-state index contributed by atoms with van der Waals surface area (Å²) in [5.41, 5.74) is 1.62. The number of nitrogens with zero attached hydrogens (tertiary/aromatic N) is 3. The highest BCUT2D eigenvalue weighted by Gasteiger charge is 2.18. The van der Waals surface area contributed by atoms with Gasteiger partial charge < -0.3 is 9.64 Å². The summed E-state index contributed by atoms with van der Waals surface area (Å²) in [6.07, 6.45) is 3.28. The van der Waals surface area contributed by atoms with Crippen LogP contribution in [0.1, 0.15) is 5.56 Å². The van der Waals surface area contributed by atoms with Gasteiger partial charge in [-0.25, -0.2) is 4.98 Å². The number of benzene rings is 2. The Kier molecular flexibility index (Phi) is 8.46. The molecule has 3 rings (SSSR count). The lowest BCUT2D eigenvalue weighted by atomic mass is 10.2. The number of aromatic nitrogens is 1. The average molecular weight is 452 g/mol. The number of ether oxygens (including phenoxy) is 1. The summed E-state index contributed by atoms with van der Waals surface area (Å²) in [6, 6.07) is 13.2. The van der Waals surface area contributed by atoms with Gasteiger partial charge in [0.1, 0.15) is 5.75 Å². The van der Waals surface area contributed by atoms with Gasteiger partial charge in [0.25, 0.3) is 5.91 Å². The Labute approximate surface area is 186 Å². The second-order valence-corrected chi connectivity index (χ2v) is 7.89.